The summed E-state index contributed by atoms with van der Waals surface area (Å²) in [5, 5.41) is 4.06. The zero-order valence-electron chi connectivity index (χ0n) is 9.36. The number of thioether (sulfide) groups is 1. The van der Waals surface area contributed by atoms with Gasteiger partial charge in [-0.05, 0) is 13.5 Å². The van der Waals surface area contributed by atoms with Gasteiger partial charge in [0.05, 0.1) is 6.04 Å². The number of hydrogen-bond donors (Lipinski definition) is 0. The first-order chi connectivity index (χ1) is 7.81. The van der Waals surface area contributed by atoms with E-state index in [2.05, 4.69) is 22.1 Å². The molecule has 1 unspecified atom stereocenters. The topological polar surface area (TPSA) is 42.2 Å². The minimum absolute atomic E-state index is 0.298. The van der Waals surface area contributed by atoms with Gasteiger partial charge < -0.3 is 4.52 Å². The molecule has 0 bridgehead atoms. The summed E-state index contributed by atoms with van der Waals surface area (Å²) in [5.41, 5.74) is 0. The van der Waals surface area contributed by atoms with E-state index >= 15 is 0 Å². The van der Waals surface area contributed by atoms with Gasteiger partial charge in [0, 0.05) is 30.4 Å². The lowest BCUT2D eigenvalue weighted by Gasteiger charge is -2.29. The number of rotatable bonds is 4. The maximum atomic E-state index is 5.63. The molecule has 0 aromatic carbocycles. The molecule has 0 aliphatic carbocycles. The van der Waals surface area contributed by atoms with Crippen molar-refractivity contribution in [1.29, 1.82) is 0 Å². The molecule has 1 aliphatic heterocycles. The van der Waals surface area contributed by atoms with Crippen LogP contribution in [-0.4, -0.2) is 46.0 Å². The Morgan fingerprint density at radius 2 is 2.50 bits per heavy atom. The van der Waals surface area contributed by atoms with Crippen LogP contribution in [0.1, 0.15) is 24.2 Å². The van der Waals surface area contributed by atoms with E-state index < -0.39 is 0 Å². The molecule has 1 atom stereocenters. The minimum atomic E-state index is 0.298. The smallest absolute Gasteiger partial charge is 0.226 e. The van der Waals surface area contributed by atoms with Crippen LogP contribution in [0.3, 0.4) is 0 Å². The van der Waals surface area contributed by atoms with Crippen molar-refractivity contribution in [3.63, 3.8) is 0 Å². The van der Waals surface area contributed by atoms with Gasteiger partial charge in [0.15, 0.2) is 5.82 Å². The Bertz CT molecular complexity index is 334. The number of nitrogens with zero attached hydrogens (tertiary/aromatic N) is 3. The highest BCUT2D eigenvalue weighted by atomic mass is 35.5. The molecule has 1 saturated heterocycles. The molecule has 6 heteroatoms. The van der Waals surface area contributed by atoms with E-state index in [1.54, 1.807) is 0 Å². The van der Waals surface area contributed by atoms with Gasteiger partial charge in [0.25, 0.3) is 0 Å². The normalized spacial score (nSPS) is 22.5. The van der Waals surface area contributed by atoms with E-state index in [4.69, 9.17) is 16.1 Å². The highest BCUT2D eigenvalue weighted by molar-refractivity contribution is 7.99. The third kappa shape index (κ3) is 2.90. The van der Waals surface area contributed by atoms with Crippen molar-refractivity contribution in [2.45, 2.75) is 18.9 Å². The molecule has 0 N–H and O–H groups in total. The Labute approximate surface area is 105 Å². The summed E-state index contributed by atoms with van der Waals surface area (Å²) in [4.78, 5) is 6.71. The van der Waals surface area contributed by atoms with Crippen molar-refractivity contribution in [3.05, 3.63) is 11.7 Å². The summed E-state index contributed by atoms with van der Waals surface area (Å²) < 4.78 is 5.21. The molecular formula is C10H16ClN3OS. The molecule has 0 radical (unpaired) electrons. The number of aromatic nitrogens is 2. The molecule has 2 rings (SSSR count). The van der Waals surface area contributed by atoms with Crippen LogP contribution in [0.2, 0.25) is 0 Å². The van der Waals surface area contributed by atoms with Crippen molar-refractivity contribution in [2.24, 2.45) is 0 Å². The van der Waals surface area contributed by atoms with Gasteiger partial charge >= 0.3 is 0 Å². The van der Waals surface area contributed by atoms with Crippen LogP contribution in [-0.2, 0) is 6.42 Å². The second-order valence-corrected chi connectivity index (χ2v) is 5.44. The summed E-state index contributed by atoms with van der Waals surface area (Å²) in [6, 6.07) is 0.298. The number of halogens is 1. The number of hydrogen-bond acceptors (Lipinski definition) is 5. The molecule has 16 heavy (non-hydrogen) atoms. The van der Waals surface area contributed by atoms with Crippen LogP contribution in [0.15, 0.2) is 4.52 Å². The van der Waals surface area contributed by atoms with Crippen LogP contribution in [0.5, 0.6) is 0 Å². The van der Waals surface area contributed by atoms with Gasteiger partial charge in [-0.25, -0.2) is 0 Å². The predicted octanol–water partition coefficient (Wildman–Crippen LogP) is 1.96. The molecule has 1 aliphatic rings. The van der Waals surface area contributed by atoms with Crippen molar-refractivity contribution in [2.75, 3.05) is 31.0 Å². The van der Waals surface area contributed by atoms with Crippen LogP contribution < -0.4 is 0 Å². The van der Waals surface area contributed by atoms with E-state index in [-0.39, 0.29) is 0 Å². The zero-order chi connectivity index (χ0) is 11.4. The molecule has 4 nitrogen and oxygen atoms in total. The maximum Gasteiger partial charge on any atom is 0.226 e. The lowest BCUT2D eigenvalue weighted by atomic mass is 10.2. The van der Waals surface area contributed by atoms with Crippen LogP contribution in [0, 0.1) is 0 Å². The second kappa shape index (κ2) is 5.89. The lowest BCUT2D eigenvalue weighted by Crippen LogP contribution is -2.33. The van der Waals surface area contributed by atoms with Gasteiger partial charge in [0.1, 0.15) is 0 Å². The fourth-order valence-electron chi connectivity index (χ4n) is 1.68. The first-order valence-electron chi connectivity index (χ1n) is 5.47. The van der Waals surface area contributed by atoms with Crippen molar-refractivity contribution in [3.8, 4) is 0 Å². The van der Waals surface area contributed by atoms with E-state index in [0.717, 1.165) is 31.0 Å². The van der Waals surface area contributed by atoms with Gasteiger partial charge in [-0.15, -0.1) is 11.6 Å². The van der Waals surface area contributed by atoms with Crippen LogP contribution in [0.25, 0.3) is 0 Å². The second-order valence-electron chi connectivity index (χ2n) is 3.91. The molecule has 0 spiro atoms. The van der Waals surface area contributed by atoms with Crippen molar-refractivity contribution in [1.82, 2.24) is 15.0 Å². The average Bonchev–Trinajstić information content (AvgIpc) is 2.75. The summed E-state index contributed by atoms with van der Waals surface area (Å²) in [5.74, 6) is 4.39. The first kappa shape index (κ1) is 12.2. The third-order valence-electron chi connectivity index (χ3n) is 2.70. The van der Waals surface area contributed by atoms with E-state index in [9.17, 15) is 0 Å². The van der Waals surface area contributed by atoms with Gasteiger partial charge in [-0.1, -0.05) is 5.16 Å². The molecule has 1 aromatic rings. The first-order valence-corrected chi connectivity index (χ1v) is 7.16. The van der Waals surface area contributed by atoms with E-state index in [0.29, 0.717) is 17.8 Å². The summed E-state index contributed by atoms with van der Waals surface area (Å²) in [7, 11) is 2.11. The molecule has 0 amide bonds. The Morgan fingerprint density at radius 3 is 3.25 bits per heavy atom. The third-order valence-corrected chi connectivity index (χ3v) is 3.99. The quantitative estimate of drug-likeness (QED) is 0.775. The van der Waals surface area contributed by atoms with E-state index in [1.807, 2.05) is 11.8 Å². The van der Waals surface area contributed by atoms with Gasteiger partial charge in [0.2, 0.25) is 5.89 Å². The predicted molar refractivity (Wildman–Crippen MR) is 66.0 cm³/mol. The highest BCUT2D eigenvalue weighted by Gasteiger charge is 2.25. The molecule has 1 fully saturated rings. The summed E-state index contributed by atoms with van der Waals surface area (Å²) in [6.45, 7) is 1.08. The molecular weight excluding hydrogens is 246 g/mol. The highest BCUT2D eigenvalue weighted by Crippen LogP contribution is 2.26. The van der Waals surface area contributed by atoms with Crippen molar-refractivity contribution >= 4 is 23.4 Å². The Hall–Kier alpha value is -0.260. The molecule has 2 heterocycles. The monoisotopic (exact) mass is 261 g/mol. The standard InChI is InChI=1S/C10H16ClN3OS/c1-14-5-6-16-7-8(14)10-12-9(15-13-10)3-2-4-11/h8H,2-7H2,1H3. The number of aryl methyl sites for hydroxylation is 1. The van der Waals surface area contributed by atoms with Gasteiger partial charge in [-0.3, -0.25) is 4.90 Å². The minimum Gasteiger partial charge on any atom is -0.339 e. The van der Waals surface area contributed by atoms with Gasteiger partial charge in [-0.2, -0.15) is 16.7 Å². The largest absolute Gasteiger partial charge is 0.339 e. The van der Waals surface area contributed by atoms with E-state index in [1.165, 1.54) is 5.75 Å². The van der Waals surface area contributed by atoms with Crippen LogP contribution in [0.4, 0.5) is 0 Å². The lowest BCUT2D eigenvalue weighted by molar-refractivity contribution is 0.256. The number of alkyl halides is 1. The Morgan fingerprint density at radius 1 is 1.62 bits per heavy atom. The SMILES string of the molecule is CN1CCSCC1c1noc(CCCCl)n1. The van der Waals surface area contributed by atoms with Crippen molar-refractivity contribution < 1.29 is 4.52 Å². The Balaban J connectivity index is 1.99. The summed E-state index contributed by atoms with van der Waals surface area (Å²) >= 11 is 7.57. The zero-order valence-corrected chi connectivity index (χ0v) is 10.9. The maximum absolute atomic E-state index is 5.63. The molecule has 90 valence electrons. The molecule has 1 aromatic heterocycles. The van der Waals surface area contributed by atoms with Crippen LogP contribution >= 0.6 is 23.4 Å². The fraction of sp³-hybridized carbons (Fsp3) is 0.800. The molecule has 0 saturated carbocycles. The average molecular weight is 262 g/mol. The fourth-order valence-corrected chi connectivity index (χ4v) is 3.03. The Kier molecular flexibility index (Phi) is 4.49. The summed E-state index contributed by atoms with van der Waals surface area (Å²) in [6.07, 6.45) is 1.67.